The van der Waals surface area contributed by atoms with E-state index in [9.17, 15) is 35.1 Å². The zero-order chi connectivity index (χ0) is 51.8. The summed E-state index contributed by atoms with van der Waals surface area (Å²) in [5, 5.41) is 56.7. The van der Waals surface area contributed by atoms with Gasteiger partial charge >= 0.3 is 5.97 Å². The summed E-state index contributed by atoms with van der Waals surface area (Å²) in [5.74, 6) is -1.25. The summed E-state index contributed by atoms with van der Waals surface area (Å²) in [6.07, 6.45) is 50.6. The number of aliphatic hydroxyl groups excluding tert-OH is 5. The van der Waals surface area contributed by atoms with Gasteiger partial charge in [-0.1, -0.05) is 221 Å². The molecule has 8 unspecified atom stereocenters. The number of carbonyl (C=O) groups excluding carboxylic acids is 2. The molecule has 0 aromatic rings. The number of amides is 1. The maximum absolute atomic E-state index is 13.3. The third-order valence-electron chi connectivity index (χ3n) is 12.9. The van der Waals surface area contributed by atoms with Gasteiger partial charge in [0, 0.05) is 6.42 Å². The molecule has 0 aromatic carbocycles. The SMILES string of the molecule is CC/C=C/C=C/C=C\C=C/CCCCC(O)C(=O)NC(COC1OC(CO)C(O)C(O)C1OC(=O)CCCCCCCCC/C=C\C/C=C\CCCCC)C(O)/C=C/CCCCCCCCCCCCC. The number of rotatable bonds is 46. The Morgan fingerprint density at radius 1 is 0.577 bits per heavy atom. The first-order chi connectivity index (χ1) is 34.7. The Hall–Kier alpha value is -3.16. The summed E-state index contributed by atoms with van der Waals surface area (Å²) in [6, 6.07) is -1.05. The highest BCUT2D eigenvalue weighted by atomic mass is 16.7. The van der Waals surface area contributed by atoms with Crippen LogP contribution in [0.3, 0.4) is 0 Å². The number of esters is 1. The van der Waals surface area contributed by atoms with Gasteiger partial charge in [0.05, 0.1) is 25.4 Å². The first-order valence-corrected chi connectivity index (χ1v) is 28.4. The van der Waals surface area contributed by atoms with Crippen LogP contribution in [0, 0.1) is 0 Å². The van der Waals surface area contributed by atoms with Crippen molar-refractivity contribution >= 4 is 11.9 Å². The Kier molecular flexibility index (Phi) is 44.4. The molecule has 6 N–H and O–H groups in total. The fourth-order valence-corrected chi connectivity index (χ4v) is 8.34. The van der Waals surface area contributed by atoms with E-state index in [0.717, 1.165) is 83.5 Å². The van der Waals surface area contributed by atoms with E-state index in [1.165, 1.54) is 89.9 Å². The standard InChI is InChI=1S/C60H103NO10/c1-4-7-10-13-16-19-22-25-26-27-28-30-33-36-39-42-45-48-55(65)71-58-57(67)56(66)54(49-62)70-60(58)69-50-51(52(63)46-43-40-37-34-32-29-23-20-17-14-11-8-5-2)61-59(68)53(64)47-44-41-38-35-31-24-21-18-15-12-9-6-3/h9,12,15-16,18-19,21,24-26,31,35,43,46,51-54,56-58,60,62-64,66-67H,4-8,10-11,13-14,17,20,22-23,27-30,32-34,36-42,44-45,47-50H2,1-3H3,(H,61,68)/b12-9+,18-15+,19-16-,24-21-,26-25-,35-31-,46-43+. The van der Waals surface area contributed by atoms with Crippen LogP contribution in [-0.4, -0.2) is 99.6 Å². The second-order valence-electron chi connectivity index (χ2n) is 19.4. The van der Waals surface area contributed by atoms with Crippen LogP contribution in [0.5, 0.6) is 0 Å². The van der Waals surface area contributed by atoms with Gasteiger partial charge in [-0.15, -0.1) is 0 Å². The van der Waals surface area contributed by atoms with Gasteiger partial charge in [0.25, 0.3) is 0 Å². The monoisotopic (exact) mass is 998 g/mol. The van der Waals surface area contributed by atoms with Crippen LogP contribution < -0.4 is 5.32 Å². The highest BCUT2D eigenvalue weighted by Gasteiger charge is 2.47. The molecule has 11 heteroatoms. The number of unbranched alkanes of at least 4 members (excludes halogenated alkanes) is 23. The molecular formula is C60H103NO10. The topological polar surface area (TPSA) is 175 Å². The molecule has 1 amide bonds. The van der Waals surface area contributed by atoms with Crippen LogP contribution in [0.15, 0.2) is 85.1 Å². The molecule has 0 saturated carbocycles. The van der Waals surface area contributed by atoms with E-state index >= 15 is 0 Å². The first kappa shape index (κ1) is 65.9. The second-order valence-corrected chi connectivity index (χ2v) is 19.4. The number of hydrogen-bond acceptors (Lipinski definition) is 10. The van der Waals surface area contributed by atoms with Crippen molar-refractivity contribution in [2.24, 2.45) is 0 Å². The van der Waals surface area contributed by atoms with Crippen molar-refractivity contribution in [1.82, 2.24) is 5.32 Å². The number of hydrogen-bond donors (Lipinski definition) is 6. The van der Waals surface area contributed by atoms with Crippen molar-refractivity contribution in [1.29, 1.82) is 0 Å². The van der Waals surface area contributed by atoms with Gasteiger partial charge in [-0.25, -0.2) is 0 Å². The quantitative estimate of drug-likeness (QED) is 0.0149. The van der Waals surface area contributed by atoms with Gasteiger partial charge in [-0.3, -0.25) is 9.59 Å². The van der Waals surface area contributed by atoms with E-state index in [4.69, 9.17) is 14.2 Å². The van der Waals surface area contributed by atoms with Crippen LogP contribution in [0.4, 0.5) is 0 Å². The molecule has 11 nitrogen and oxygen atoms in total. The van der Waals surface area contributed by atoms with E-state index in [-0.39, 0.29) is 19.4 Å². The van der Waals surface area contributed by atoms with Gasteiger partial charge in [-0.05, 0) is 77.0 Å². The van der Waals surface area contributed by atoms with Crippen LogP contribution in [-0.2, 0) is 23.8 Å². The molecule has 0 radical (unpaired) electrons. The highest BCUT2D eigenvalue weighted by Crippen LogP contribution is 2.26. The van der Waals surface area contributed by atoms with Crippen molar-refractivity contribution < 1.29 is 49.3 Å². The molecule has 1 aliphatic heterocycles. The molecule has 1 saturated heterocycles. The van der Waals surface area contributed by atoms with Gasteiger partial charge in [0.1, 0.15) is 24.4 Å². The summed E-state index contributed by atoms with van der Waals surface area (Å²) >= 11 is 0. The average Bonchev–Trinajstić information content (AvgIpc) is 3.37. The van der Waals surface area contributed by atoms with Crippen molar-refractivity contribution in [3.8, 4) is 0 Å². The minimum absolute atomic E-state index is 0.106. The molecule has 0 aliphatic carbocycles. The van der Waals surface area contributed by atoms with Crippen LogP contribution in [0.25, 0.3) is 0 Å². The fraction of sp³-hybridized carbons (Fsp3) is 0.733. The molecule has 1 rings (SSSR count). The molecule has 71 heavy (non-hydrogen) atoms. The Labute approximate surface area is 432 Å². The molecule has 1 fully saturated rings. The molecule has 408 valence electrons. The smallest absolute Gasteiger partial charge is 0.306 e. The van der Waals surface area contributed by atoms with Gasteiger partial charge in [0.15, 0.2) is 12.4 Å². The largest absolute Gasteiger partial charge is 0.454 e. The lowest BCUT2D eigenvalue weighted by Gasteiger charge is -2.41. The minimum atomic E-state index is -1.63. The van der Waals surface area contributed by atoms with Crippen molar-refractivity contribution in [2.45, 2.75) is 269 Å². The maximum atomic E-state index is 13.3. The summed E-state index contributed by atoms with van der Waals surface area (Å²) < 4.78 is 17.5. The Bertz CT molecular complexity index is 1470. The Morgan fingerprint density at radius 3 is 1.66 bits per heavy atom. The normalized spacial score (nSPS) is 20.3. The van der Waals surface area contributed by atoms with E-state index in [2.05, 4.69) is 56.5 Å². The second kappa shape index (κ2) is 47.8. The number of nitrogens with one attached hydrogen (secondary N) is 1. The maximum Gasteiger partial charge on any atom is 0.306 e. The van der Waals surface area contributed by atoms with Crippen molar-refractivity contribution in [2.75, 3.05) is 13.2 Å². The Balaban J connectivity index is 2.77. The van der Waals surface area contributed by atoms with Crippen LogP contribution >= 0.6 is 0 Å². The van der Waals surface area contributed by atoms with Crippen LogP contribution in [0.1, 0.15) is 220 Å². The molecular weight excluding hydrogens is 895 g/mol. The van der Waals surface area contributed by atoms with E-state index in [0.29, 0.717) is 12.8 Å². The predicted octanol–water partition coefficient (Wildman–Crippen LogP) is 12.6. The third kappa shape index (κ3) is 36.4. The van der Waals surface area contributed by atoms with Crippen molar-refractivity contribution in [3.63, 3.8) is 0 Å². The average molecular weight is 998 g/mol. The number of allylic oxidation sites excluding steroid dienone is 13. The lowest BCUT2D eigenvalue weighted by molar-refractivity contribution is -0.305. The molecule has 0 aromatic heterocycles. The summed E-state index contributed by atoms with van der Waals surface area (Å²) in [7, 11) is 0. The molecule has 1 aliphatic rings. The molecule has 1 heterocycles. The summed E-state index contributed by atoms with van der Waals surface area (Å²) in [5.41, 5.74) is 0. The Morgan fingerprint density at radius 2 is 1.07 bits per heavy atom. The number of ether oxygens (including phenoxy) is 3. The van der Waals surface area contributed by atoms with E-state index < -0.39 is 67.4 Å². The zero-order valence-corrected chi connectivity index (χ0v) is 44.8. The predicted molar refractivity (Wildman–Crippen MR) is 292 cm³/mol. The highest BCUT2D eigenvalue weighted by molar-refractivity contribution is 5.80. The number of aliphatic hydroxyl groups is 5. The number of carbonyl (C=O) groups is 2. The molecule has 0 spiro atoms. The minimum Gasteiger partial charge on any atom is -0.454 e. The van der Waals surface area contributed by atoms with Crippen LogP contribution in [0.2, 0.25) is 0 Å². The summed E-state index contributed by atoms with van der Waals surface area (Å²) in [4.78, 5) is 26.4. The van der Waals surface area contributed by atoms with Gasteiger partial charge in [0.2, 0.25) is 5.91 Å². The van der Waals surface area contributed by atoms with Gasteiger partial charge in [-0.2, -0.15) is 0 Å². The lowest BCUT2D eigenvalue weighted by Crippen LogP contribution is -2.61. The van der Waals surface area contributed by atoms with Crippen molar-refractivity contribution in [3.05, 3.63) is 85.1 Å². The molecule has 0 bridgehead atoms. The fourth-order valence-electron chi connectivity index (χ4n) is 8.34. The third-order valence-corrected chi connectivity index (χ3v) is 12.9. The zero-order valence-electron chi connectivity index (χ0n) is 44.8. The van der Waals surface area contributed by atoms with E-state index in [1.54, 1.807) is 6.08 Å². The first-order valence-electron chi connectivity index (χ1n) is 28.4. The van der Waals surface area contributed by atoms with E-state index in [1.807, 2.05) is 48.6 Å². The van der Waals surface area contributed by atoms with Gasteiger partial charge < -0.3 is 45.1 Å². The molecule has 8 atom stereocenters. The summed E-state index contributed by atoms with van der Waals surface area (Å²) in [6.45, 7) is 5.57. The lowest BCUT2D eigenvalue weighted by atomic mass is 9.99.